The van der Waals surface area contributed by atoms with Crippen LogP contribution in [0, 0.1) is 5.92 Å². The molecule has 0 aromatic heterocycles. The van der Waals surface area contributed by atoms with Crippen LogP contribution in [-0.2, 0) is 9.53 Å². The Balaban J connectivity index is 2.02. The minimum atomic E-state index is -0.163. The minimum absolute atomic E-state index is 0.0222. The molecule has 1 aromatic carbocycles. The van der Waals surface area contributed by atoms with Gasteiger partial charge < -0.3 is 20.1 Å². The van der Waals surface area contributed by atoms with Crippen LogP contribution in [0.1, 0.15) is 20.3 Å². The van der Waals surface area contributed by atoms with Gasteiger partial charge in [0.1, 0.15) is 5.75 Å². The maximum absolute atomic E-state index is 12.4. The van der Waals surface area contributed by atoms with Crippen molar-refractivity contribution in [1.82, 2.24) is 5.32 Å². The molecule has 1 heterocycles. The number of para-hydroxylation sites is 2. The minimum Gasteiger partial charge on any atom is -0.491 e. The number of rotatable bonds is 7. The molecule has 0 radical (unpaired) electrons. The summed E-state index contributed by atoms with van der Waals surface area (Å²) in [6.07, 6.45) is 0.932. The van der Waals surface area contributed by atoms with Gasteiger partial charge in [-0.25, -0.2) is 0 Å². The summed E-state index contributed by atoms with van der Waals surface area (Å²) in [5.41, 5.74) is 0.720. The molecule has 1 aliphatic rings. The van der Waals surface area contributed by atoms with E-state index in [0.717, 1.165) is 18.7 Å². The van der Waals surface area contributed by atoms with Crippen LogP contribution in [0.25, 0.3) is 0 Å². The van der Waals surface area contributed by atoms with E-state index in [1.165, 1.54) is 0 Å². The molecule has 2 rings (SSSR count). The summed E-state index contributed by atoms with van der Waals surface area (Å²) in [4.78, 5) is 12.4. The molecule has 1 saturated heterocycles. The Kier molecular flexibility index (Phi) is 6.02. The second-order valence-corrected chi connectivity index (χ2v) is 5.14. The molecule has 2 N–H and O–H groups in total. The Labute approximate surface area is 126 Å². The summed E-state index contributed by atoms with van der Waals surface area (Å²) < 4.78 is 11.1. The van der Waals surface area contributed by atoms with Crippen molar-refractivity contribution in [2.45, 2.75) is 26.3 Å². The summed E-state index contributed by atoms with van der Waals surface area (Å²) in [6.45, 7) is 6.59. The number of nitrogens with one attached hydrogen (secondary N) is 2. The number of amides is 1. The first-order valence-corrected chi connectivity index (χ1v) is 7.60. The topological polar surface area (TPSA) is 59.6 Å². The maximum Gasteiger partial charge on any atom is 0.231 e. The lowest BCUT2D eigenvalue weighted by molar-refractivity contribution is -0.120. The lowest BCUT2D eigenvalue weighted by Gasteiger charge is -2.19. The molecule has 2 unspecified atom stereocenters. The highest BCUT2D eigenvalue weighted by molar-refractivity contribution is 5.94. The number of likely N-dealkylation sites (N-methyl/N-ethyl adjacent to an activating group) is 1. The van der Waals surface area contributed by atoms with Crippen LogP contribution in [0.4, 0.5) is 5.69 Å². The van der Waals surface area contributed by atoms with Crippen LogP contribution in [0.2, 0.25) is 0 Å². The number of benzene rings is 1. The Bertz CT molecular complexity index is 465. The highest BCUT2D eigenvalue weighted by Crippen LogP contribution is 2.25. The van der Waals surface area contributed by atoms with Gasteiger partial charge in [-0.1, -0.05) is 26.0 Å². The van der Waals surface area contributed by atoms with Crippen LogP contribution in [0.15, 0.2) is 24.3 Å². The fourth-order valence-corrected chi connectivity index (χ4v) is 2.41. The van der Waals surface area contributed by atoms with E-state index in [1.807, 2.05) is 31.2 Å². The maximum atomic E-state index is 12.4. The summed E-state index contributed by atoms with van der Waals surface area (Å²) in [5.74, 6) is 0.529. The third-order valence-corrected chi connectivity index (χ3v) is 3.49. The molecule has 0 spiro atoms. The van der Waals surface area contributed by atoms with E-state index in [9.17, 15) is 4.79 Å². The van der Waals surface area contributed by atoms with Gasteiger partial charge in [-0.15, -0.1) is 0 Å². The number of carbonyl (C=O) groups is 1. The summed E-state index contributed by atoms with van der Waals surface area (Å²) >= 11 is 0. The van der Waals surface area contributed by atoms with Crippen LogP contribution in [0.5, 0.6) is 5.75 Å². The number of ether oxygens (including phenoxy) is 2. The van der Waals surface area contributed by atoms with E-state index >= 15 is 0 Å². The predicted molar refractivity (Wildman–Crippen MR) is 82.6 cm³/mol. The number of hydrogen-bond donors (Lipinski definition) is 2. The van der Waals surface area contributed by atoms with E-state index in [2.05, 4.69) is 17.6 Å². The fraction of sp³-hybridized carbons (Fsp3) is 0.562. The summed E-state index contributed by atoms with van der Waals surface area (Å²) in [6, 6.07) is 7.61. The zero-order valence-electron chi connectivity index (χ0n) is 12.7. The molecule has 0 aliphatic carbocycles. The van der Waals surface area contributed by atoms with Crippen molar-refractivity contribution in [3.8, 4) is 5.75 Å². The van der Waals surface area contributed by atoms with Crippen LogP contribution in [0.3, 0.4) is 0 Å². The standard InChI is InChI=1S/C16H24N2O3/c1-3-9-21-15-8-6-5-7-13(15)18-16(19)12-10-20-11-14(12)17-4-2/h5-8,12,14,17H,3-4,9-11H2,1-2H3,(H,18,19). The largest absolute Gasteiger partial charge is 0.491 e. The first kappa shape index (κ1) is 15.8. The second-order valence-electron chi connectivity index (χ2n) is 5.14. The third-order valence-electron chi connectivity index (χ3n) is 3.49. The molecule has 0 saturated carbocycles. The molecule has 1 aliphatic heterocycles. The third kappa shape index (κ3) is 4.19. The number of carbonyl (C=O) groups excluding carboxylic acids is 1. The van der Waals surface area contributed by atoms with Crippen molar-refractivity contribution >= 4 is 11.6 Å². The lowest BCUT2D eigenvalue weighted by Crippen LogP contribution is -2.41. The predicted octanol–water partition coefficient (Wildman–Crippen LogP) is 2.04. The van der Waals surface area contributed by atoms with Crippen molar-refractivity contribution < 1.29 is 14.3 Å². The molecule has 21 heavy (non-hydrogen) atoms. The average Bonchev–Trinajstić information content (AvgIpc) is 2.95. The molecule has 2 atom stereocenters. The van der Waals surface area contributed by atoms with E-state index in [0.29, 0.717) is 25.6 Å². The summed E-state index contributed by atoms with van der Waals surface area (Å²) in [7, 11) is 0. The van der Waals surface area contributed by atoms with Gasteiger partial charge in [-0.2, -0.15) is 0 Å². The number of hydrogen-bond acceptors (Lipinski definition) is 4. The molecular weight excluding hydrogens is 268 g/mol. The zero-order chi connectivity index (χ0) is 15.1. The molecule has 1 fully saturated rings. The second kappa shape index (κ2) is 8.00. The Morgan fingerprint density at radius 1 is 1.33 bits per heavy atom. The quantitative estimate of drug-likeness (QED) is 0.807. The van der Waals surface area contributed by atoms with Gasteiger partial charge >= 0.3 is 0 Å². The first-order chi connectivity index (χ1) is 10.3. The molecule has 1 amide bonds. The molecule has 0 bridgehead atoms. The van der Waals surface area contributed by atoms with Crippen molar-refractivity contribution in [2.24, 2.45) is 5.92 Å². The Morgan fingerprint density at radius 2 is 2.14 bits per heavy atom. The van der Waals surface area contributed by atoms with Crippen LogP contribution >= 0.6 is 0 Å². The monoisotopic (exact) mass is 292 g/mol. The first-order valence-electron chi connectivity index (χ1n) is 7.60. The van der Waals surface area contributed by atoms with Gasteiger partial charge in [0.2, 0.25) is 5.91 Å². The molecular formula is C16H24N2O3. The smallest absolute Gasteiger partial charge is 0.231 e. The highest BCUT2D eigenvalue weighted by atomic mass is 16.5. The molecule has 1 aromatic rings. The molecule has 116 valence electrons. The van der Waals surface area contributed by atoms with Gasteiger partial charge in [0.05, 0.1) is 31.4 Å². The van der Waals surface area contributed by atoms with Crippen LogP contribution in [-0.4, -0.2) is 38.3 Å². The van der Waals surface area contributed by atoms with E-state index in [1.54, 1.807) is 0 Å². The zero-order valence-corrected chi connectivity index (χ0v) is 12.7. The lowest BCUT2D eigenvalue weighted by atomic mass is 10.0. The highest BCUT2D eigenvalue weighted by Gasteiger charge is 2.33. The van der Waals surface area contributed by atoms with Gasteiger partial charge in [-0.05, 0) is 25.1 Å². The van der Waals surface area contributed by atoms with Gasteiger partial charge in [0, 0.05) is 6.04 Å². The van der Waals surface area contributed by atoms with Crippen molar-refractivity contribution in [3.63, 3.8) is 0 Å². The van der Waals surface area contributed by atoms with E-state index < -0.39 is 0 Å². The van der Waals surface area contributed by atoms with Crippen molar-refractivity contribution in [2.75, 3.05) is 31.7 Å². The van der Waals surface area contributed by atoms with E-state index in [-0.39, 0.29) is 17.9 Å². The molecule has 5 heteroatoms. The SMILES string of the molecule is CCCOc1ccccc1NC(=O)C1COCC1NCC. The number of anilines is 1. The Hall–Kier alpha value is -1.59. The normalized spacial score (nSPS) is 21.2. The average molecular weight is 292 g/mol. The molecule has 5 nitrogen and oxygen atoms in total. The fourth-order valence-electron chi connectivity index (χ4n) is 2.41. The van der Waals surface area contributed by atoms with Crippen molar-refractivity contribution in [1.29, 1.82) is 0 Å². The van der Waals surface area contributed by atoms with Gasteiger partial charge in [0.15, 0.2) is 0 Å². The Morgan fingerprint density at radius 3 is 2.90 bits per heavy atom. The van der Waals surface area contributed by atoms with E-state index in [4.69, 9.17) is 9.47 Å². The van der Waals surface area contributed by atoms with Gasteiger partial charge in [0.25, 0.3) is 0 Å². The van der Waals surface area contributed by atoms with Gasteiger partial charge in [-0.3, -0.25) is 4.79 Å². The van der Waals surface area contributed by atoms with Crippen molar-refractivity contribution in [3.05, 3.63) is 24.3 Å². The van der Waals surface area contributed by atoms with Crippen LogP contribution < -0.4 is 15.4 Å². The summed E-state index contributed by atoms with van der Waals surface area (Å²) in [5, 5.41) is 6.26.